The predicted octanol–water partition coefficient (Wildman–Crippen LogP) is 4.99. The van der Waals surface area contributed by atoms with Crippen molar-refractivity contribution in [1.29, 1.82) is 0 Å². The van der Waals surface area contributed by atoms with Gasteiger partial charge in [-0.25, -0.2) is 0 Å². The number of hydrogen-bond donors (Lipinski definition) is 1. The van der Waals surface area contributed by atoms with E-state index in [1.165, 1.54) is 11.8 Å². The lowest BCUT2D eigenvalue weighted by Crippen LogP contribution is -2.33. The average Bonchev–Trinajstić information content (AvgIpc) is 2.80. The van der Waals surface area contributed by atoms with Crippen LogP contribution in [0.2, 0.25) is 5.02 Å². The molecule has 32 heavy (non-hydrogen) atoms. The third-order valence-electron chi connectivity index (χ3n) is 5.34. The summed E-state index contributed by atoms with van der Waals surface area (Å²) in [5, 5.41) is 4.11. The second kappa shape index (κ2) is 9.79. The second-order valence-corrected chi connectivity index (χ2v) is 9.04. The Balaban J connectivity index is 1.63. The van der Waals surface area contributed by atoms with Gasteiger partial charge in [0.2, 0.25) is 5.91 Å². The van der Waals surface area contributed by atoms with Crippen molar-refractivity contribution in [3.63, 3.8) is 0 Å². The Morgan fingerprint density at radius 3 is 2.56 bits per heavy atom. The van der Waals surface area contributed by atoms with E-state index in [4.69, 9.17) is 16.3 Å². The Hall–Kier alpha value is -2.77. The van der Waals surface area contributed by atoms with Crippen LogP contribution in [-0.4, -0.2) is 22.1 Å². The van der Waals surface area contributed by atoms with Gasteiger partial charge in [-0.3, -0.25) is 9.59 Å². The van der Waals surface area contributed by atoms with Crippen LogP contribution in [0.3, 0.4) is 0 Å². The van der Waals surface area contributed by atoms with E-state index in [-0.39, 0.29) is 23.8 Å². The fourth-order valence-electron chi connectivity index (χ4n) is 3.69. The van der Waals surface area contributed by atoms with Gasteiger partial charge in [-0.05, 0) is 41.8 Å². The van der Waals surface area contributed by atoms with Gasteiger partial charge in [0.1, 0.15) is 11.6 Å². The Kier molecular flexibility index (Phi) is 6.86. The average molecular weight is 470 g/mol. The monoisotopic (exact) mass is 469 g/mol. The first-order chi connectivity index (χ1) is 15.5. The second-order valence-electron chi connectivity index (χ2n) is 7.66. The van der Waals surface area contributed by atoms with Crippen LogP contribution >= 0.6 is 23.4 Å². The van der Waals surface area contributed by atoms with Crippen LogP contribution in [0, 0.1) is 0 Å². The van der Waals surface area contributed by atoms with Crippen LogP contribution in [-0.2, 0) is 17.6 Å². The lowest BCUT2D eigenvalue weighted by molar-refractivity contribution is -0.116. The minimum Gasteiger partial charge on any atom is -0.494 e. The molecule has 1 aliphatic heterocycles. The van der Waals surface area contributed by atoms with E-state index >= 15 is 0 Å². The normalized spacial score (nSPS) is 15.2. The Morgan fingerprint density at radius 1 is 1.16 bits per heavy atom. The number of anilines is 1. The summed E-state index contributed by atoms with van der Waals surface area (Å²) in [6.45, 7) is 2.70. The molecule has 4 rings (SSSR count). The first kappa shape index (κ1) is 22.4. The van der Waals surface area contributed by atoms with E-state index in [9.17, 15) is 9.59 Å². The van der Waals surface area contributed by atoms with Crippen LogP contribution in [0.25, 0.3) is 0 Å². The molecule has 0 spiro atoms. The molecule has 166 valence electrons. The van der Waals surface area contributed by atoms with Crippen LogP contribution < -0.4 is 15.6 Å². The van der Waals surface area contributed by atoms with Gasteiger partial charge in [-0.1, -0.05) is 54.6 Å². The number of carbonyl (C=O) groups excluding carboxylic acids is 1. The third-order valence-corrected chi connectivity index (χ3v) is 6.69. The Bertz CT molecular complexity index is 1180. The number of nitrogens with one attached hydrogen (secondary N) is 1. The van der Waals surface area contributed by atoms with Crippen molar-refractivity contribution < 1.29 is 9.53 Å². The molecule has 0 saturated heterocycles. The molecule has 2 aromatic carbocycles. The van der Waals surface area contributed by atoms with Crippen molar-refractivity contribution in [3.05, 3.63) is 80.6 Å². The molecule has 0 unspecified atom stereocenters. The highest BCUT2D eigenvalue weighted by molar-refractivity contribution is 7.98. The fraction of sp³-hybridized carbons (Fsp3) is 0.292. The summed E-state index contributed by atoms with van der Waals surface area (Å²) in [6.07, 6.45) is 1.13. The minimum absolute atomic E-state index is 0.122. The quantitative estimate of drug-likeness (QED) is 0.390. The Labute approximate surface area is 196 Å². The van der Waals surface area contributed by atoms with E-state index in [1.807, 2.05) is 55.6 Å². The number of hydrogen-bond acceptors (Lipinski definition) is 5. The molecular formula is C24H24ClN3O3S. The van der Waals surface area contributed by atoms with E-state index in [1.54, 1.807) is 4.57 Å². The summed E-state index contributed by atoms with van der Waals surface area (Å²) < 4.78 is 7.44. The van der Waals surface area contributed by atoms with Gasteiger partial charge in [-0.15, -0.1) is 0 Å². The number of benzene rings is 2. The maximum Gasteiger partial charge on any atom is 0.279 e. The summed E-state index contributed by atoms with van der Waals surface area (Å²) in [5.41, 5.74) is 2.17. The molecule has 0 saturated carbocycles. The zero-order chi connectivity index (χ0) is 22.7. The fourth-order valence-corrected chi connectivity index (χ4v) is 4.74. The maximum atomic E-state index is 13.1. The Morgan fingerprint density at radius 2 is 1.88 bits per heavy atom. The number of ether oxygens (including phenoxy) is 1. The van der Waals surface area contributed by atoms with Crippen molar-refractivity contribution in [2.45, 2.75) is 36.6 Å². The van der Waals surface area contributed by atoms with Crippen LogP contribution in [0.4, 0.5) is 5.82 Å². The molecule has 6 nitrogen and oxygen atoms in total. The lowest BCUT2D eigenvalue weighted by Gasteiger charge is -2.27. The third kappa shape index (κ3) is 4.84. The number of nitrogens with zero attached hydrogens (tertiary/aromatic N) is 2. The maximum absolute atomic E-state index is 13.1. The van der Waals surface area contributed by atoms with E-state index in [0.29, 0.717) is 33.9 Å². The van der Waals surface area contributed by atoms with Gasteiger partial charge < -0.3 is 14.6 Å². The zero-order valence-electron chi connectivity index (χ0n) is 17.9. The first-order valence-electron chi connectivity index (χ1n) is 10.5. The molecule has 1 atom stereocenters. The van der Waals surface area contributed by atoms with Gasteiger partial charge in [-0.2, -0.15) is 4.98 Å². The molecule has 1 aliphatic rings. The molecular weight excluding hydrogens is 446 g/mol. The zero-order valence-corrected chi connectivity index (χ0v) is 19.5. The molecule has 3 aromatic rings. The highest BCUT2D eigenvalue weighted by Crippen LogP contribution is 2.36. The van der Waals surface area contributed by atoms with Gasteiger partial charge in [0.05, 0.1) is 12.2 Å². The molecule has 8 heteroatoms. The summed E-state index contributed by atoms with van der Waals surface area (Å²) in [4.78, 5) is 29.9. The van der Waals surface area contributed by atoms with Crippen molar-refractivity contribution in [2.75, 3.05) is 11.9 Å². The van der Waals surface area contributed by atoms with Crippen LogP contribution in [0.1, 0.15) is 42.4 Å². The summed E-state index contributed by atoms with van der Waals surface area (Å²) >= 11 is 7.39. The van der Waals surface area contributed by atoms with E-state index < -0.39 is 0 Å². The summed E-state index contributed by atoms with van der Waals surface area (Å²) in [7, 11) is 1.82. The number of aromatic nitrogens is 2. The largest absolute Gasteiger partial charge is 0.494 e. The van der Waals surface area contributed by atoms with Gasteiger partial charge in [0, 0.05) is 30.2 Å². The number of carbonyl (C=O) groups is 1. The minimum atomic E-state index is -0.347. The molecule has 1 amide bonds. The van der Waals surface area contributed by atoms with Gasteiger partial charge in [0.15, 0.2) is 5.16 Å². The van der Waals surface area contributed by atoms with Crippen LogP contribution in [0.15, 0.2) is 58.5 Å². The van der Waals surface area contributed by atoms with Crippen molar-refractivity contribution >= 4 is 35.1 Å². The van der Waals surface area contributed by atoms with E-state index in [2.05, 4.69) is 17.2 Å². The number of rotatable bonds is 7. The smallest absolute Gasteiger partial charge is 0.279 e. The lowest BCUT2D eigenvalue weighted by atomic mass is 9.87. The molecule has 0 radical (unpaired) electrons. The van der Waals surface area contributed by atoms with Crippen molar-refractivity contribution in [1.82, 2.24) is 9.55 Å². The topological polar surface area (TPSA) is 73.2 Å². The summed E-state index contributed by atoms with van der Waals surface area (Å²) in [5.74, 6) is 1.45. The molecule has 1 N–H and O–H groups in total. The number of fused-ring (bicyclic) bond motifs is 1. The van der Waals surface area contributed by atoms with Gasteiger partial charge >= 0.3 is 0 Å². The molecule has 0 fully saturated rings. The first-order valence-corrected chi connectivity index (χ1v) is 11.8. The molecule has 1 aromatic heterocycles. The molecule has 0 bridgehead atoms. The number of amides is 1. The van der Waals surface area contributed by atoms with Crippen molar-refractivity contribution in [3.8, 4) is 5.75 Å². The highest BCUT2D eigenvalue weighted by Gasteiger charge is 2.32. The number of thioether (sulfide) groups is 1. The molecule has 2 heterocycles. The molecule has 0 aliphatic carbocycles. The van der Waals surface area contributed by atoms with Gasteiger partial charge in [0.25, 0.3) is 5.56 Å². The van der Waals surface area contributed by atoms with E-state index in [0.717, 1.165) is 23.3 Å². The predicted molar refractivity (Wildman–Crippen MR) is 128 cm³/mol. The van der Waals surface area contributed by atoms with Crippen LogP contribution in [0.5, 0.6) is 5.75 Å². The standard InChI is InChI=1S/C24H24ClN3O3S/c1-3-12-31-18-10-6-16(7-11-18)19-13-20(29)26-22-21(19)23(30)27-24(28(22)2)32-14-15-4-8-17(25)9-5-15/h4-11,19H,3,12-14H2,1-2H3,(H,26,29)/t19-/m0/s1. The number of halogens is 1. The summed E-state index contributed by atoms with van der Waals surface area (Å²) in [6, 6.07) is 15.1. The highest BCUT2D eigenvalue weighted by atomic mass is 35.5. The SMILES string of the molecule is CCCOc1ccc([C@@H]2CC(=O)Nc3c2c(=O)nc(SCc2ccc(Cl)cc2)n3C)cc1. The van der Waals surface area contributed by atoms with Crippen molar-refractivity contribution in [2.24, 2.45) is 7.05 Å².